The molecule has 1 heterocycles. The van der Waals surface area contributed by atoms with Crippen LogP contribution in [0.5, 0.6) is 0 Å². The van der Waals surface area contributed by atoms with Gasteiger partial charge in [0, 0.05) is 25.2 Å². The first-order chi connectivity index (χ1) is 6.15. The Morgan fingerprint density at radius 1 is 1.38 bits per heavy atom. The van der Waals surface area contributed by atoms with Gasteiger partial charge in [0.15, 0.2) is 0 Å². The van der Waals surface area contributed by atoms with Gasteiger partial charge in [-0.15, -0.1) is 0 Å². The third-order valence-electron chi connectivity index (χ3n) is 3.96. The Hall–Kier alpha value is -0.0800. The topological polar surface area (TPSA) is 15.3 Å². The highest BCUT2D eigenvalue weighted by atomic mass is 15.3. The first kappa shape index (κ1) is 9.47. The molecule has 1 saturated carbocycles. The molecule has 1 N–H and O–H groups in total. The lowest BCUT2D eigenvalue weighted by molar-refractivity contribution is -0.0346. The van der Waals surface area contributed by atoms with Crippen molar-refractivity contribution in [2.75, 3.05) is 19.6 Å². The normalized spacial score (nSPS) is 32.8. The summed E-state index contributed by atoms with van der Waals surface area (Å²) < 4.78 is 0. The second-order valence-electron chi connectivity index (χ2n) is 5.19. The molecule has 2 nitrogen and oxygen atoms in total. The van der Waals surface area contributed by atoms with E-state index in [2.05, 4.69) is 31.0 Å². The number of nitrogens with zero attached hydrogens (tertiary/aromatic N) is 1. The average Bonchev–Trinajstić information content (AvgIpc) is 1.98. The van der Waals surface area contributed by atoms with Crippen LogP contribution in [-0.2, 0) is 0 Å². The van der Waals surface area contributed by atoms with E-state index in [1.165, 1.54) is 32.5 Å². The van der Waals surface area contributed by atoms with Gasteiger partial charge in [-0.1, -0.05) is 20.8 Å². The Kier molecular flexibility index (Phi) is 2.37. The summed E-state index contributed by atoms with van der Waals surface area (Å²) in [5, 5.41) is 3.36. The summed E-state index contributed by atoms with van der Waals surface area (Å²) in [4.78, 5) is 2.71. The van der Waals surface area contributed by atoms with Gasteiger partial charge >= 0.3 is 0 Å². The summed E-state index contributed by atoms with van der Waals surface area (Å²) in [6, 6.07) is 1.68. The Morgan fingerprint density at radius 2 is 2.08 bits per heavy atom. The van der Waals surface area contributed by atoms with Crippen LogP contribution in [-0.4, -0.2) is 36.6 Å². The minimum atomic E-state index is 0.575. The lowest BCUT2D eigenvalue weighted by atomic mass is 9.66. The molecule has 1 unspecified atom stereocenters. The number of likely N-dealkylation sites (N-methyl/N-ethyl adjacent to an activating group) is 1. The van der Waals surface area contributed by atoms with Crippen molar-refractivity contribution in [2.24, 2.45) is 5.41 Å². The Morgan fingerprint density at radius 3 is 2.31 bits per heavy atom. The van der Waals surface area contributed by atoms with Crippen molar-refractivity contribution in [2.45, 2.75) is 45.7 Å². The molecule has 0 aromatic heterocycles. The second kappa shape index (κ2) is 3.25. The summed E-state index contributed by atoms with van der Waals surface area (Å²) >= 11 is 0. The van der Waals surface area contributed by atoms with E-state index in [9.17, 15) is 0 Å². The van der Waals surface area contributed by atoms with Crippen LogP contribution in [0.3, 0.4) is 0 Å². The monoisotopic (exact) mass is 182 g/mol. The fourth-order valence-electron chi connectivity index (χ4n) is 2.71. The maximum Gasteiger partial charge on any atom is 0.0348 e. The number of hydrogen-bond donors (Lipinski definition) is 1. The molecule has 1 saturated heterocycles. The minimum absolute atomic E-state index is 0.575. The Balaban J connectivity index is 1.96. The van der Waals surface area contributed by atoms with E-state index in [1.54, 1.807) is 0 Å². The second-order valence-corrected chi connectivity index (χ2v) is 5.19. The molecular weight excluding hydrogens is 160 g/mol. The highest BCUT2D eigenvalue weighted by Crippen LogP contribution is 2.44. The third kappa shape index (κ3) is 1.50. The van der Waals surface area contributed by atoms with Crippen molar-refractivity contribution in [1.29, 1.82) is 0 Å². The van der Waals surface area contributed by atoms with Gasteiger partial charge in [-0.2, -0.15) is 0 Å². The van der Waals surface area contributed by atoms with Gasteiger partial charge in [0.2, 0.25) is 0 Å². The first-order valence-corrected chi connectivity index (χ1v) is 5.61. The SMILES string of the molecule is CCN(C1CNC1)C1CCC1(C)C. The Labute approximate surface area is 81.7 Å². The zero-order valence-electron chi connectivity index (χ0n) is 9.14. The highest BCUT2D eigenvalue weighted by molar-refractivity contribution is 4.99. The summed E-state index contributed by atoms with van der Waals surface area (Å²) in [5.41, 5.74) is 0.575. The Bertz CT molecular complexity index is 185. The molecule has 0 bridgehead atoms. The van der Waals surface area contributed by atoms with Gasteiger partial charge in [0.1, 0.15) is 0 Å². The molecule has 13 heavy (non-hydrogen) atoms. The van der Waals surface area contributed by atoms with E-state index in [4.69, 9.17) is 0 Å². The van der Waals surface area contributed by atoms with Crippen LogP contribution in [0.4, 0.5) is 0 Å². The molecule has 0 radical (unpaired) electrons. The molecule has 0 amide bonds. The van der Waals surface area contributed by atoms with Crippen LogP contribution in [0.2, 0.25) is 0 Å². The third-order valence-corrected chi connectivity index (χ3v) is 3.96. The zero-order valence-corrected chi connectivity index (χ0v) is 9.14. The van der Waals surface area contributed by atoms with Crippen molar-refractivity contribution in [3.05, 3.63) is 0 Å². The van der Waals surface area contributed by atoms with Gasteiger partial charge < -0.3 is 5.32 Å². The quantitative estimate of drug-likeness (QED) is 0.711. The summed E-state index contributed by atoms with van der Waals surface area (Å²) in [6.45, 7) is 10.8. The largest absolute Gasteiger partial charge is 0.314 e. The van der Waals surface area contributed by atoms with Crippen LogP contribution in [0.1, 0.15) is 33.6 Å². The van der Waals surface area contributed by atoms with Gasteiger partial charge in [-0.3, -0.25) is 4.90 Å². The average molecular weight is 182 g/mol. The standard InChI is InChI=1S/C11H22N2/c1-4-13(9-7-12-8-9)10-5-6-11(10,2)3/h9-10,12H,4-8H2,1-3H3. The van der Waals surface area contributed by atoms with Crippen molar-refractivity contribution in [3.63, 3.8) is 0 Å². The predicted molar refractivity (Wildman–Crippen MR) is 55.8 cm³/mol. The molecule has 2 heteroatoms. The molecule has 76 valence electrons. The molecule has 0 spiro atoms. The lowest BCUT2D eigenvalue weighted by Crippen LogP contribution is -2.64. The van der Waals surface area contributed by atoms with E-state index in [-0.39, 0.29) is 0 Å². The molecule has 0 aromatic carbocycles. The number of rotatable bonds is 3. The van der Waals surface area contributed by atoms with Gasteiger partial charge in [0.25, 0.3) is 0 Å². The molecular formula is C11H22N2. The summed E-state index contributed by atoms with van der Waals surface area (Å²) in [6.07, 6.45) is 2.83. The lowest BCUT2D eigenvalue weighted by Gasteiger charge is -2.54. The van der Waals surface area contributed by atoms with E-state index >= 15 is 0 Å². The van der Waals surface area contributed by atoms with Crippen molar-refractivity contribution < 1.29 is 0 Å². The van der Waals surface area contributed by atoms with Gasteiger partial charge in [-0.25, -0.2) is 0 Å². The molecule has 1 aliphatic heterocycles. The van der Waals surface area contributed by atoms with Crippen molar-refractivity contribution >= 4 is 0 Å². The van der Waals surface area contributed by atoms with Crippen LogP contribution in [0.15, 0.2) is 0 Å². The van der Waals surface area contributed by atoms with Gasteiger partial charge in [0.05, 0.1) is 0 Å². The highest BCUT2D eigenvalue weighted by Gasteiger charge is 2.44. The fraction of sp³-hybridized carbons (Fsp3) is 1.00. The van der Waals surface area contributed by atoms with Crippen LogP contribution in [0, 0.1) is 5.41 Å². The molecule has 2 fully saturated rings. The number of nitrogens with one attached hydrogen (secondary N) is 1. The summed E-state index contributed by atoms with van der Waals surface area (Å²) in [7, 11) is 0. The van der Waals surface area contributed by atoms with Crippen LogP contribution < -0.4 is 5.32 Å². The van der Waals surface area contributed by atoms with Crippen molar-refractivity contribution in [3.8, 4) is 0 Å². The van der Waals surface area contributed by atoms with E-state index in [0.717, 1.165) is 12.1 Å². The minimum Gasteiger partial charge on any atom is -0.314 e. The number of hydrogen-bond acceptors (Lipinski definition) is 2. The smallest absolute Gasteiger partial charge is 0.0348 e. The maximum atomic E-state index is 3.36. The van der Waals surface area contributed by atoms with E-state index in [1.807, 2.05) is 0 Å². The molecule has 1 atom stereocenters. The predicted octanol–water partition coefficient (Wildman–Crippen LogP) is 1.47. The molecule has 0 aromatic rings. The van der Waals surface area contributed by atoms with Crippen LogP contribution in [0.25, 0.3) is 0 Å². The molecule has 1 aliphatic carbocycles. The van der Waals surface area contributed by atoms with E-state index < -0.39 is 0 Å². The van der Waals surface area contributed by atoms with Gasteiger partial charge in [-0.05, 0) is 24.8 Å². The summed E-state index contributed by atoms with van der Waals surface area (Å²) in [5.74, 6) is 0. The first-order valence-electron chi connectivity index (χ1n) is 5.61. The molecule has 2 aliphatic rings. The fourth-order valence-corrected chi connectivity index (χ4v) is 2.71. The van der Waals surface area contributed by atoms with E-state index in [0.29, 0.717) is 5.41 Å². The van der Waals surface area contributed by atoms with Crippen LogP contribution >= 0.6 is 0 Å². The molecule has 2 rings (SSSR count). The maximum absolute atomic E-state index is 3.36. The van der Waals surface area contributed by atoms with Crippen molar-refractivity contribution in [1.82, 2.24) is 10.2 Å². The zero-order chi connectivity index (χ0) is 9.47.